The minimum Gasteiger partial charge on any atom is -0.369 e. The molecule has 6 unspecified atom stereocenters. The second-order valence-corrected chi connectivity index (χ2v) is 6.43. The SMILES string of the molecule is NC(=O)C1CCCC2C(N)C3CCCCC3NC12. The van der Waals surface area contributed by atoms with Crippen LogP contribution in [-0.2, 0) is 4.79 Å². The van der Waals surface area contributed by atoms with Crippen LogP contribution in [-0.4, -0.2) is 24.0 Å². The van der Waals surface area contributed by atoms with Crippen LogP contribution in [0, 0.1) is 17.8 Å². The molecule has 3 rings (SSSR count). The maximum absolute atomic E-state index is 11.6. The molecule has 0 spiro atoms. The Hall–Kier alpha value is -0.610. The molecule has 6 atom stereocenters. The van der Waals surface area contributed by atoms with Gasteiger partial charge in [0.1, 0.15) is 0 Å². The summed E-state index contributed by atoms with van der Waals surface area (Å²) in [5.41, 5.74) is 12.1. The molecule has 0 aromatic heterocycles. The van der Waals surface area contributed by atoms with E-state index >= 15 is 0 Å². The smallest absolute Gasteiger partial charge is 0.222 e. The molecule has 18 heavy (non-hydrogen) atoms. The molecule has 3 aliphatic rings. The lowest BCUT2D eigenvalue weighted by Crippen LogP contribution is -2.66. The quantitative estimate of drug-likeness (QED) is 0.643. The highest BCUT2D eigenvalue weighted by Crippen LogP contribution is 2.41. The second kappa shape index (κ2) is 4.82. The van der Waals surface area contributed by atoms with Gasteiger partial charge in [-0.15, -0.1) is 0 Å². The van der Waals surface area contributed by atoms with Crippen LogP contribution in [0.3, 0.4) is 0 Å². The number of hydrogen-bond acceptors (Lipinski definition) is 3. The van der Waals surface area contributed by atoms with Crippen molar-refractivity contribution in [1.82, 2.24) is 5.32 Å². The topological polar surface area (TPSA) is 81.1 Å². The van der Waals surface area contributed by atoms with Gasteiger partial charge in [-0.2, -0.15) is 0 Å². The lowest BCUT2D eigenvalue weighted by molar-refractivity contribution is -0.125. The summed E-state index contributed by atoms with van der Waals surface area (Å²) in [6, 6.07) is 1.03. The molecule has 4 nitrogen and oxygen atoms in total. The van der Waals surface area contributed by atoms with Crippen LogP contribution >= 0.6 is 0 Å². The number of carbonyl (C=O) groups is 1. The summed E-state index contributed by atoms with van der Waals surface area (Å²) in [7, 11) is 0. The molecule has 1 amide bonds. The fourth-order valence-electron chi connectivity index (χ4n) is 4.61. The molecule has 102 valence electrons. The van der Waals surface area contributed by atoms with Crippen LogP contribution in [0.1, 0.15) is 44.9 Å². The fraction of sp³-hybridized carbons (Fsp3) is 0.929. The van der Waals surface area contributed by atoms with Gasteiger partial charge in [-0.05, 0) is 37.5 Å². The average Bonchev–Trinajstić information content (AvgIpc) is 2.38. The van der Waals surface area contributed by atoms with Gasteiger partial charge in [0, 0.05) is 18.1 Å². The van der Waals surface area contributed by atoms with Crippen molar-refractivity contribution < 1.29 is 4.79 Å². The zero-order chi connectivity index (χ0) is 12.7. The Morgan fingerprint density at radius 1 is 1.00 bits per heavy atom. The molecule has 3 fully saturated rings. The number of rotatable bonds is 1. The minimum atomic E-state index is -0.140. The van der Waals surface area contributed by atoms with Crippen LogP contribution in [0.15, 0.2) is 0 Å². The maximum Gasteiger partial charge on any atom is 0.222 e. The third kappa shape index (κ3) is 1.95. The fourth-order valence-corrected chi connectivity index (χ4v) is 4.61. The number of fused-ring (bicyclic) bond motifs is 2. The number of amides is 1. The minimum absolute atomic E-state index is 0.00215. The van der Waals surface area contributed by atoms with E-state index in [1.165, 1.54) is 25.7 Å². The van der Waals surface area contributed by atoms with Gasteiger partial charge < -0.3 is 16.8 Å². The molecule has 0 bridgehead atoms. The molecule has 1 saturated heterocycles. The summed E-state index contributed by atoms with van der Waals surface area (Å²) in [5.74, 6) is 0.929. The Kier molecular flexibility index (Phi) is 3.32. The maximum atomic E-state index is 11.6. The largest absolute Gasteiger partial charge is 0.369 e. The molecule has 2 saturated carbocycles. The number of nitrogens with two attached hydrogens (primary N) is 2. The van der Waals surface area contributed by atoms with E-state index in [9.17, 15) is 4.79 Å². The summed E-state index contributed by atoms with van der Waals surface area (Å²) < 4.78 is 0. The lowest BCUT2D eigenvalue weighted by Gasteiger charge is -2.52. The predicted molar refractivity (Wildman–Crippen MR) is 70.7 cm³/mol. The highest BCUT2D eigenvalue weighted by atomic mass is 16.1. The molecule has 0 radical (unpaired) electrons. The number of nitrogens with one attached hydrogen (secondary N) is 1. The Morgan fingerprint density at radius 2 is 1.72 bits per heavy atom. The van der Waals surface area contributed by atoms with Crippen molar-refractivity contribution in [1.29, 1.82) is 0 Å². The molecule has 1 aliphatic heterocycles. The Labute approximate surface area is 109 Å². The summed E-state index contributed by atoms with van der Waals surface area (Å²) in [6.45, 7) is 0. The molecule has 0 aromatic rings. The van der Waals surface area contributed by atoms with Crippen LogP contribution in [0.4, 0.5) is 0 Å². The van der Waals surface area contributed by atoms with Crippen molar-refractivity contribution in [2.75, 3.05) is 0 Å². The monoisotopic (exact) mass is 251 g/mol. The predicted octanol–water partition coefficient (Wildman–Crippen LogP) is 0.746. The van der Waals surface area contributed by atoms with Crippen molar-refractivity contribution >= 4 is 5.91 Å². The molecule has 1 heterocycles. The van der Waals surface area contributed by atoms with Gasteiger partial charge in [0.2, 0.25) is 5.91 Å². The Bertz CT molecular complexity index is 333. The van der Waals surface area contributed by atoms with Crippen LogP contribution < -0.4 is 16.8 Å². The van der Waals surface area contributed by atoms with E-state index in [1.54, 1.807) is 0 Å². The van der Waals surface area contributed by atoms with Gasteiger partial charge >= 0.3 is 0 Å². The first-order valence-electron chi connectivity index (χ1n) is 7.49. The number of piperidine rings is 1. The Morgan fingerprint density at radius 3 is 2.50 bits per heavy atom. The Balaban J connectivity index is 1.81. The number of carbonyl (C=O) groups excluding carboxylic acids is 1. The second-order valence-electron chi connectivity index (χ2n) is 6.43. The normalized spacial score (nSPS) is 48.1. The summed E-state index contributed by atoms with van der Waals surface area (Å²) in [5, 5.41) is 3.74. The van der Waals surface area contributed by atoms with E-state index in [-0.39, 0.29) is 23.9 Å². The van der Waals surface area contributed by atoms with Crippen molar-refractivity contribution in [2.24, 2.45) is 29.2 Å². The lowest BCUT2D eigenvalue weighted by atomic mass is 9.63. The standard InChI is InChI=1S/C14H25N3O/c15-12-8-4-1-2-7-11(8)17-13-9(12)5-3-6-10(13)14(16)18/h8-13,17H,1-7,15H2,(H2,16,18). The average molecular weight is 251 g/mol. The van der Waals surface area contributed by atoms with Gasteiger partial charge in [0.15, 0.2) is 0 Å². The van der Waals surface area contributed by atoms with Gasteiger partial charge in [-0.3, -0.25) is 4.79 Å². The van der Waals surface area contributed by atoms with Gasteiger partial charge in [0.05, 0.1) is 5.92 Å². The van der Waals surface area contributed by atoms with E-state index < -0.39 is 0 Å². The molecule has 5 N–H and O–H groups in total. The van der Waals surface area contributed by atoms with E-state index in [4.69, 9.17) is 11.5 Å². The van der Waals surface area contributed by atoms with Crippen LogP contribution in [0.25, 0.3) is 0 Å². The molecular weight excluding hydrogens is 226 g/mol. The van der Waals surface area contributed by atoms with Crippen LogP contribution in [0.2, 0.25) is 0 Å². The molecule has 4 heteroatoms. The van der Waals surface area contributed by atoms with Crippen molar-refractivity contribution in [2.45, 2.75) is 63.1 Å². The van der Waals surface area contributed by atoms with Crippen LogP contribution in [0.5, 0.6) is 0 Å². The number of primary amides is 1. The van der Waals surface area contributed by atoms with E-state index in [2.05, 4.69) is 5.32 Å². The summed E-state index contributed by atoms with van der Waals surface area (Å²) >= 11 is 0. The van der Waals surface area contributed by atoms with Crippen molar-refractivity contribution in [3.8, 4) is 0 Å². The van der Waals surface area contributed by atoms with E-state index in [1.807, 2.05) is 0 Å². The highest BCUT2D eigenvalue weighted by molar-refractivity contribution is 5.77. The van der Waals surface area contributed by atoms with E-state index in [0.717, 1.165) is 19.3 Å². The van der Waals surface area contributed by atoms with Gasteiger partial charge in [-0.25, -0.2) is 0 Å². The third-order valence-corrected chi connectivity index (χ3v) is 5.53. The molecule has 0 aromatic carbocycles. The first-order valence-corrected chi connectivity index (χ1v) is 7.49. The first-order chi connectivity index (χ1) is 8.68. The first kappa shape index (κ1) is 12.4. The van der Waals surface area contributed by atoms with Gasteiger partial charge in [-0.1, -0.05) is 19.3 Å². The van der Waals surface area contributed by atoms with Crippen molar-refractivity contribution in [3.05, 3.63) is 0 Å². The summed E-state index contributed by atoms with van der Waals surface area (Å²) in [6.07, 6.45) is 8.27. The third-order valence-electron chi connectivity index (χ3n) is 5.53. The van der Waals surface area contributed by atoms with E-state index in [0.29, 0.717) is 17.9 Å². The van der Waals surface area contributed by atoms with Gasteiger partial charge in [0.25, 0.3) is 0 Å². The molecular formula is C14H25N3O. The highest BCUT2D eigenvalue weighted by Gasteiger charge is 2.48. The molecule has 2 aliphatic carbocycles. The zero-order valence-electron chi connectivity index (χ0n) is 11.0. The summed E-state index contributed by atoms with van der Waals surface area (Å²) in [4.78, 5) is 11.6. The number of hydrogen-bond donors (Lipinski definition) is 3. The zero-order valence-corrected chi connectivity index (χ0v) is 11.0. The van der Waals surface area contributed by atoms with Crippen molar-refractivity contribution in [3.63, 3.8) is 0 Å².